The summed E-state index contributed by atoms with van der Waals surface area (Å²) in [6.45, 7) is 5.80. The Bertz CT molecular complexity index is 428. The zero-order chi connectivity index (χ0) is 13.7. The molecule has 0 aliphatic rings. The first kappa shape index (κ1) is 14.5. The van der Waals surface area contributed by atoms with Gasteiger partial charge in [-0.2, -0.15) is 0 Å². The normalized spacial score (nSPS) is 12.1. The van der Waals surface area contributed by atoms with E-state index < -0.39 is 0 Å². The van der Waals surface area contributed by atoms with Gasteiger partial charge in [-0.05, 0) is 50.5 Å². The molecule has 18 heavy (non-hydrogen) atoms. The van der Waals surface area contributed by atoms with Crippen LogP contribution in [0.25, 0.3) is 0 Å². The number of hydrogen-bond acceptors (Lipinski definition) is 3. The highest BCUT2D eigenvalue weighted by molar-refractivity contribution is 5.91. The van der Waals surface area contributed by atoms with E-state index in [9.17, 15) is 4.79 Å². The Labute approximate surface area is 109 Å². The fourth-order valence-electron chi connectivity index (χ4n) is 1.72. The first-order valence-corrected chi connectivity index (χ1v) is 6.14. The number of ether oxygens (including phenoxy) is 1. The van der Waals surface area contributed by atoms with Crippen molar-refractivity contribution < 1.29 is 9.53 Å². The van der Waals surface area contributed by atoms with Crippen molar-refractivity contribution in [2.24, 2.45) is 5.73 Å². The highest BCUT2D eigenvalue weighted by Gasteiger charge is 2.08. The predicted molar refractivity (Wildman–Crippen MR) is 74.0 cm³/mol. The Morgan fingerprint density at radius 3 is 2.61 bits per heavy atom. The molecule has 0 aliphatic carbocycles. The number of carbonyl (C=O) groups is 1. The van der Waals surface area contributed by atoms with Crippen molar-refractivity contribution in [1.82, 2.24) is 0 Å². The van der Waals surface area contributed by atoms with Crippen LogP contribution in [0.2, 0.25) is 0 Å². The van der Waals surface area contributed by atoms with E-state index in [4.69, 9.17) is 10.5 Å². The SMILES string of the molecule is COc1cc(C)c(NC(=O)CCC(C)N)cc1C. The van der Waals surface area contributed by atoms with E-state index in [1.54, 1.807) is 7.11 Å². The Kier molecular flexibility index (Phi) is 5.16. The third kappa shape index (κ3) is 4.04. The highest BCUT2D eigenvalue weighted by Crippen LogP contribution is 2.26. The standard InChI is InChI=1S/C14H22N2O2/c1-9-8-13(18-4)10(2)7-12(9)16-14(17)6-5-11(3)15/h7-8,11H,5-6,15H2,1-4H3,(H,16,17). The van der Waals surface area contributed by atoms with Gasteiger partial charge in [0.2, 0.25) is 5.91 Å². The summed E-state index contributed by atoms with van der Waals surface area (Å²) in [4.78, 5) is 11.7. The van der Waals surface area contributed by atoms with Crippen molar-refractivity contribution in [3.8, 4) is 5.75 Å². The molecule has 0 saturated carbocycles. The van der Waals surface area contributed by atoms with Crippen LogP contribution in [0, 0.1) is 13.8 Å². The van der Waals surface area contributed by atoms with Gasteiger partial charge in [0.1, 0.15) is 5.75 Å². The molecule has 0 spiro atoms. The van der Waals surface area contributed by atoms with E-state index in [0.29, 0.717) is 12.8 Å². The number of carbonyl (C=O) groups excluding carboxylic acids is 1. The molecule has 0 heterocycles. The van der Waals surface area contributed by atoms with Crippen molar-refractivity contribution in [3.63, 3.8) is 0 Å². The van der Waals surface area contributed by atoms with E-state index in [1.807, 2.05) is 32.9 Å². The van der Waals surface area contributed by atoms with Crippen LogP contribution in [-0.2, 0) is 4.79 Å². The molecule has 4 heteroatoms. The monoisotopic (exact) mass is 250 g/mol. The molecule has 0 bridgehead atoms. The lowest BCUT2D eigenvalue weighted by molar-refractivity contribution is -0.116. The first-order valence-electron chi connectivity index (χ1n) is 6.14. The highest BCUT2D eigenvalue weighted by atomic mass is 16.5. The molecule has 4 nitrogen and oxygen atoms in total. The van der Waals surface area contributed by atoms with Crippen LogP contribution in [-0.4, -0.2) is 19.1 Å². The van der Waals surface area contributed by atoms with E-state index in [-0.39, 0.29) is 11.9 Å². The molecule has 1 rings (SSSR count). The number of nitrogens with two attached hydrogens (primary N) is 1. The van der Waals surface area contributed by atoms with Crippen LogP contribution in [0.15, 0.2) is 12.1 Å². The smallest absolute Gasteiger partial charge is 0.224 e. The fraction of sp³-hybridized carbons (Fsp3) is 0.500. The average Bonchev–Trinajstić information content (AvgIpc) is 2.30. The number of amides is 1. The minimum atomic E-state index is -0.0000307. The van der Waals surface area contributed by atoms with Gasteiger partial charge in [-0.15, -0.1) is 0 Å². The molecule has 1 unspecified atom stereocenters. The molecule has 0 aromatic heterocycles. The molecule has 3 N–H and O–H groups in total. The van der Waals surface area contributed by atoms with Crippen LogP contribution in [0.3, 0.4) is 0 Å². The maximum Gasteiger partial charge on any atom is 0.224 e. The molecule has 100 valence electrons. The summed E-state index contributed by atoms with van der Waals surface area (Å²) in [5, 5.41) is 2.91. The van der Waals surface area contributed by atoms with E-state index in [0.717, 1.165) is 22.6 Å². The Morgan fingerprint density at radius 2 is 2.06 bits per heavy atom. The summed E-state index contributed by atoms with van der Waals surface area (Å²) in [6, 6.07) is 3.91. The van der Waals surface area contributed by atoms with Crippen LogP contribution in [0.4, 0.5) is 5.69 Å². The summed E-state index contributed by atoms with van der Waals surface area (Å²) >= 11 is 0. The maximum atomic E-state index is 11.7. The van der Waals surface area contributed by atoms with Gasteiger partial charge in [0.05, 0.1) is 7.11 Å². The van der Waals surface area contributed by atoms with Crippen LogP contribution in [0.1, 0.15) is 30.9 Å². The van der Waals surface area contributed by atoms with E-state index in [2.05, 4.69) is 5.32 Å². The van der Waals surface area contributed by atoms with Crippen LogP contribution in [0.5, 0.6) is 5.75 Å². The number of rotatable bonds is 5. The molecule has 1 aromatic rings. The molecule has 0 fully saturated rings. The van der Waals surface area contributed by atoms with Gasteiger partial charge in [0, 0.05) is 18.2 Å². The second-order valence-electron chi connectivity index (χ2n) is 4.70. The molecule has 0 saturated heterocycles. The number of anilines is 1. The third-order valence-corrected chi connectivity index (χ3v) is 2.84. The second-order valence-corrected chi connectivity index (χ2v) is 4.70. The van der Waals surface area contributed by atoms with Gasteiger partial charge in [0.15, 0.2) is 0 Å². The predicted octanol–water partition coefficient (Wildman–Crippen LogP) is 2.38. The summed E-state index contributed by atoms with van der Waals surface area (Å²) in [7, 11) is 1.64. The molecule has 0 radical (unpaired) electrons. The van der Waals surface area contributed by atoms with Gasteiger partial charge in [-0.3, -0.25) is 4.79 Å². The number of hydrogen-bond donors (Lipinski definition) is 2. The first-order chi connectivity index (χ1) is 8.43. The average molecular weight is 250 g/mol. The maximum absolute atomic E-state index is 11.7. The summed E-state index contributed by atoms with van der Waals surface area (Å²) in [6.07, 6.45) is 1.14. The molecule has 1 amide bonds. The molecular weight excluding hydrogens is 228 g/mol. The molecule has 0 aliphatic heterocycles. The second kappa shape index (κ2) is 6.40. The minimum absolute atomic E-state index is 0.0000307. The summed E-state index contributed by atoms with van der Waals surface area (Å²) < 4.78 is 5.24. The summed E-state index contributed by atoms with van der Waals surface area (Å²) in [5.41, 5.74) is 8.46. The number of aryl methyl sites for hydroxylation is 2. The van der Waals surface area contributed by atoms with Crippen molar-refractivity contribution >= 4 is 11.6 Å². The fourth-order valence-corrected chi connectivity index (χ4v) is 1.72. The van der Waals surface area contributed by atoms with E-state index in [1.165, 1.54) is 0 Å². The number of nitrogens with one attached hydrogen (secondary N) is 1. The Morgan fingerprint density at radius 1 is 1.39 bits per heavy atom. The van der Waals surface area contributed by atoms with Gasteiger partial charge in [-0.1, -0.05) is 0 Å². The topological polar surface area (TPSA) is 64.3 Å². The largest absolute Gasteiger partial charge is 0.496 e. The van der Waals surface area contributed by atoms with Gasteiger partial charge in [-0.25, -0.2) is 0 Å². The van der Waals surface area contributed by atoms with Gasteiger partial charge < -0.3 is 15.8 Å². The van der Waals surface area contributed by atoms with Gasteiger partial charge in [0.25, 0.3) is 0 Å². The van der Waals surface area contributed by atoms with E-state index >= 15 is 0 Å². The summed E-state index contributed by atoms with van der Waals surface area (Å²) in [5.74, 6) is 0.834. The van der Waals surface area contributed by atoms with Crippen molar-refractivity contribution in [1.29, 1.82) is 0 Å². The zero-order valence-electron chi connectivity index (χ0n) is 11.5. The van der Waals surface area contributed by atoms with Crippen LogP contribution >= 0.6 is 0 Å². The number of methoxy groups -OCH3 is 1. The Hall–Kier alpha value is -1.55. The zero-order valence-corrected chi connectivity index (χ0v) is 11.5. The van der Waals surface area contributed by atoms with Crippen molar-refractivity contribution in [2.45, 2.75) is 39.7 Å². The molecule has 1 atom stereocenters. The minimum Gasteiger partial charge on any atom is -0.496 e. The van der Waals surface area contributed by atoms with Crippen LogP contribution < -0.4 is 15.8 Å². The third-order valence-electron chi connectivity index (χ3n) is 2.84. The van der Waals surface area contributed by atoms with Crippen molar-refractivity contribution in [2.75, 3.05) is 12.4 Å². The quantitative estimate of drug-likeness (QED) is 0.843. The Balaban J connectivity index is 2.73. The lowest BCUT2D eigenvalue weighted by atomic mass is 10.1. The lowest BCUT2D eigenvalue weighted by Gasteiger charge is -2.13. The van der Waals surface area contributed by atoms with Gasteiger partial charge >= 0.3 is 0 Å². The lowest BCUT2D eigenvalue weighted by Crippen LogP contribution is -2.19. The van der Waals surface area contributed by atoms with Crippen molar-refractivity contribution in [3.05, 3.63) is 23.3 Å². The number of benzene rings is 1. The molecule has 1 aromatic carbocycles. The molecular formula is C14H22N2O2.